The average Bonchev–Trinajstić information content (AvgIpc) is 2.18. The van der Waals surface area contributed by atoms with Crippen LogP contribution in [0.5, 0.6) is 0 Å². The number of benzene rings is 1. The van der Waals surface area contributed by atoms with Gasteiger partial charge in [0.1, 0.15) is 0 Å². The third-order valence-corrected chi connectivity index (χ3v) is 2.99. The smallest absolute Gasteiger partial charge is 0.0487 e. The molecule has 0 aliphatic heterocycles. The molecule has 0 aliphatic rings. The van der Waals surface area contributed by atoms with Gasteiger partial charge in [-0.15, -0.1) is 0 Å². The molecule has 1 aromatic carbocycles. The molecule has 2 heteroatoms. The van der Waals surface area contributed by atoms with Crippen LogP contribution in [0.15, 0.2) is 24.3 Å². The molecular formula is C12H17ClO. The molecule has 0 saturated carbocycles. The van der Waals surface area contributed by atoms with Crippen molar-refractivity contribution in [3.63, 3.8) is 0 Å². The maximum absolute atomic E-state index is 9.28. The van der Waals surface area contributed by atoms with Gasteiger partial charge in [0, 0.05) is 11.6 Å². The van der Waals surface area contributed by atoms with E-state index in [9.17, 15) is 5.11 Å². The highest BCUT2D eigenvalue weighted by atomic mass is 35.5. The first-order chi connectivity index (χ1) is 6.59. The first-order valence-corrected chi connectivity index (χ1v) is 5.33. The van der Waals surface area contributed by atoms with Crippen molar-refractivity contribution in [2.75, 3.05) is 6.61 Å². The highest BCUT2D eigenvalue weighted by molar-refractivity contribution is 6.30. The molecule has 0 radical (unpaired) electrons. The van der Waals surface area contributed by atoms with Crippen LogP contribution in [0, 0.1) is 5.41 Å². The molecule has 0 aromatic heterocycles. The molecule has 1 nitrogen and oxygen atoms in total. The lowest BCUT2D eigenvalue weighted by atomic mass is 9.82. The Morgan fingerprint density at radius 3 is 2.64 bits per heavy atom. The summed E-state index contributed by atoms with van der Waals surface area (Å²) >= 11 is 5.90. The third kappa shape index (κ3) is 3.00. The van der Waals surface area contributed by atoms with Crippen molar-refractivity contribution in [1.29, 1.82) is 0 Å². The lowest BCUT2D eigenvalue weighted by Gasteiger charge is -2.25. The highest BCUT2D eigenvalue weighted by Crippen LogP contribution is 2.26. The maximum Gasteiger partial charge on any atom is 0.0487 e. The van der Waals surface area contributed by atoms with Gasteiger partial charge in [-0.05, 0) is 36.0 Å². The summed E-state index contributed by atoms with van der Waals surface area (Å²) in [6.07, 6.45) is 1.84. The molecule has 0 bridgehead atoms. The summed E-state index contributed by atoms with van der Waals surface area (Å²) in [5.41, 5.74) is 1.17. The number of rotatable bonds is 4. The van der Waals surface area contributed by atoms with Crippen LogP contribution in [0.2, 0.25) is 5.02 Å². The quantitative estimate of drug-likeness (QED) is 0.812. The third-order valence-electron chi connectivity index (χ3n) is 2.76. The standard InChI is InChI=1S/C12H17ClO/c1-3-12(2,9-14)8-10-5-4-6-11(13)7-10/h4-7,14H,3,8-9H2,1-2H3. The molecule has 78 valence electrons. The molecule has 0 amide bonds. The molecule has 0 aliphatic carbocycles. The number of aliphatic hydroxyl groups is 1. The number of aliphatic hydroxyl groups excluding tert-OH is 1. The van der Waals surface area contributed by atoms with E-state index in [0.29, 0.717) is 0 Å². The van der Waals surface area contributed by atoms with Gasteiger partial charge in [0.25, 0.3) is 0 Å². The van der Waals surface area contributed by atoms with Gasteiger partial charge >= 0.3 is 0 Å². The van der Waals surface area contributed by atoms with Crippen LogP contribution >= 0.6 is 11.6 Å². The van der Waals surface area contributed by atoms with Crippen LogP contribution in [0.1, 0.15) is 25.8 Å². The van der Waals surface area contributed by atoms with Crippen LogP contribution in [0.25, 0.3) is 0 Å². The predicted octanol–water partition coefficient (Wildman–Crippen LogP) is 3.29. The van der Waals surface area contributed by atoms with Crippen molar-refractivity contribution in [3.8, 4) is 0 Å². The average molecular weight is 213 g/mol. The Morgan fingerprint density at radius 2 is 2.14 bits per heavy atom. The second-order valence-corrected chi connectivity index (χ2v) is 4.57. The zero-order chi connectivity index (χ0) is 10.6. The van der Waals surface area contributed by atoms with Gasteiger partial charge in [-0.25, -0.2) is 0 Å². The molecule has 14 heavy (non-hydrogen) atoms. The minimum Gasteiger partial charge on any atom is -0.396 e. The van der Waals surface area contributed by atoms with Gasteiger partial charge in [0.05, 0.1) is 0 Å². The Kier molecular flexibility index (Phi) is 3.97. The van der Waals surface area contributed by atoms with Crippen LogP contribution in [0.3, 0.4) is 0 Å². The fourth-order valence-corrected chi connectivity index (χ4v) is 1.65. The molecule has 1 aromatic rings. The van der Waals surface area contributed by atoms with Crippen molar-refractivity contribution < 1.29 is 5.11 Å². The number of halogens is 1. The van der Waals surface area contributed by atoms with Crippen LogP contribution < -0.4 is 0 Å². The normalized spacial score (nSPS) is 15.1. The van der Waals surface area contributed by atoms with Crippen molar-refractivity contribution in [2.24, 2.45) is 5.41 Å². The predicted molar refractivity (Wildman–Crippen MR) is 60.6 cm³/mol. The second kappa shape index (κ2) is 4.81. The largest absolute Gasteiger partial charge is 0.396 e. The summed E-state index contributed by atoms with van der Waals surface area (Å²) < 4.78 is 0. The molecule has 1 atom stereocenters. The van der Waals surface area contributed by atoms with Gasteiger partial charge in [-0.3, -0.25) is 0 Å². The minimum absolute atomic E-state index is 0.0231. The van der Waals surface area contributed by atoms with Gasteiger partial charge in [-0.2, -0.15) is 0 Å². The molecule has 1 N–H and O–H groups in total. The number of hydrogen-bond donors (Lipinski definition) is 1. The van der Waals surface area contributed by atoms with E-state index in [0.717, 1.165) is 17.9 Å². The topological polar surface area (TPSA) is 20.2 Å². The molecule has 0 spiro atoms. The summed E-state index contributed by atoms with van der Waals surface area (Å²) in [6, 6.07) is 7.83. The Labute approximate surface area is 90.7 Å². The van der Waals surface area contributed by atoms with Gasteiger partial charge < -0.3 is 5.11 Å². The monoisotopic (exact) mass is 212 g/mol. The Morgan fingerprint density at radius 1 is 1.43 bits per heavy atom. The van der Waals surface area contributed by atoms with E-state index in [1.165, 1.54) is 5.56 Å². The van der Waals surface area contributed by atoms with Crippen molar-refractivity contribution in [2.45, 2.75) is 26.7 Å². The Hall–Kier alpha value is -0.530. The fourth-order valence-electron chi connectivity index (χ4n) is 1.43. The van der Waals surface area contributed by atoms with E-state index in [2.05, 4.69) is 19.9 Å². The first-order valence-electron chi connectivity index (χ1n) is 4.95. The minimum atomic E-state index is -0.0231. The second-order valence-electron chi connectivity index (χ2n) is 4.13. The van der Waals surface area contributed by atoms with Gasteiger partial charge in [0.15, 0.2) is 0 Å². The van der Waals surface area contributed by atoms with E-state index in [4.69, 9.17) is 11.6 Å². The van der Waals surface area contributed by atoms with Crippen LogP contribution in [-0.2, 0) is 6.42 Å². The van der Waals surface area contributed by atoms with Gasteiger partial charge in [0.2, 0.25) is 0 Å². The van der Waals surface area contributed by atoms with Crippen molar-refractivity contribution >= 4 is 11.6 Å². The lowest BCUT2D eigenvalue weighted by molar-refractivity contribution is 0.138. The zero-order valence-corrected chi connectivity index (χ0v) is 9.51. The highest BCUT2D eigenvalue weighted by Gasteiger charge is 2.21. The van der Waals surface area contributed by atoms with E-state index in [1.807, 2.05) is 18.2 Å². The molecule has 0 saturated heterocycles. The van der Waals surface area contributed by atoms with E-state index >= 15 is 0 Å². The molecule has 1 rings (SSSR count). The van der Waals surface area contributed by atoms with Crippen molar-refractivity contribution in [1.82, 2.24) is 0 Å². The summed E-state index contributed by atoms with van der Waals surface area (Å²) in [5.74, 6) is 0. The lowest BCUT2D eigenvalue weighted by Crippen LogP contribution is -2.23. The maximum atomic E-state index is 9.28. The van der Waals surface area contributed by atoms with E-state index in [1.54, 1.807) is 0 Å². The first kappa shape index (κ1) is 11.5. The molecular weight excluding hydrogens is 196 g/mol. The van der Waals surface area contributed by atoms with Crippen LogP contribution in [0.4, 0.5) is 0 Å². The molecule has 0 fully saturated rings. The van der Waals surface area contributed by atoms with E-state index in [-0.39, 0.29) is 12.0 Å². The summed E-state index contributed by atoms with van der Waals surface area (Å²) in [5, 5.41) is 10.0. The summed E-state index contributed by atoms with van der Waals surface area (Å²) in [7, 11) is 0. The Bertz CT molecular complexity index is 292. The molecule has 0 heterocycles. The zero-order valence-electron chi connectivity index (χ0n) is 8.76. The summed E-state index contributed by atoms with van der Waals surface area (Å²) in [6.45, 7) is 4.41. The van der Waals surface area contributed by atoms with E-state index < -0.39 is 0 Å². The Balaban J connectivity index is 2.77. The number of hydrogen-bond acceptors (Lipinski definition) is 1. The van der Waals surface area contributed by atoms with Crippen LogP contribution in [-0.4, -0.2) is 11.7 Å². The summed E-state index contributed by atoms with van der Waals surface area (Å²) in [4.78, 5) is 0. The SMILES string of the molecule is CCC(C)(CO)Cc1cccc(Cl)c1. The van der Waals surface area contributed by atoms with Gasteiger partial charge in [-0.1, -0.05) is 37.6 Å². The fraction of sp³-hybridized carbons (Fsp3) is 0.500. The van der Waals surface area contributed by atoms with Crippen molar-refractivity contribution in [3.05, 3.63) is 34.9 Å². The molecule has 1 unspecified atom stereocenters.